The van der Waals surface area contributed by atoms with Crippen LogP contribution in [0.4, 0.5) is 0 Å². The van der Waals surface area contributed by atoms with Crippen molar-refractivity contribution in [2.24, 2.45) is 0 Å². The van der Waals surface area contributed by atoms with Crippen LogP contribution in [-0.2, 0) is 11.3 Å². The first kappa shape index (κ1) is 14.9. The third-order valence-corrected chi connectivity index (χ3v) is 4.44. The second kappa shape index (κ2) is 6.83. The number of benzene rings is 1. The van der Waals surface area contributed by atoms with Gasteiger partial charge in [0.15, 0.2) is 0 Å². The predicted molar refractivity (Wildman–Crippen MR) is 97.1 cm³/mol. The van der Waals surface area contributed by atoms with Crippen molar-refractivity contribution in [3.05, 3.63) is 59.2 Å². The largest absolute Gasteiger partial charge is 0.367 e. The van der Waals surface area contributed by atoms with Crippen LogP contribution in [0.1, 0.15) is 5.56 Å². The molecule has 4 nitrogen and oxygen atoms in total. The van der Waals surface area contributed by atoms with E-state index >= 15 is 0 Å². The zero-order valence-electron chi connectivity index (χ0n) is 13.0. The van der Waals surface area contributed by atoms with Gasteiger partial charge in [-0.2, -0.15) is 11.3 Å². The summed E-state index contributed by atoms with van der Waals surface area (Å²) in [5, 5.41) is 5.17. The van der Waals surface area contributed by atoms with Crippen LogP contribution in [-0.4, -0.2) is 27.7 Å². The number of hydrogen-bond acceptors (Lipinski definition) is 4. The van der Waals surface area contributed by atoms with E-state index < -0.39 is 0 Å². The zero-order valence-corrected chi connectivity index (χ0v) is 13.8. The maximum atomic E-state index is 5.63. The number of rotatable bonds is 4. The van der Waals surface area contributed by atoms with Crippen molar-refractivity contribution < 1.29 is 4.74 Å². The lowest BCUT2D eigenvalue weighted by atomic mass is 10.2. The number of ether oxygens (including phenoxy) is 1. The van der Waals surface area contributed by atoms with Gasteiger partial charge in [0.2, 0.25) is 0 Å². The van der Waals surface area contributed by atoms with Gasteiger partial charge in [-0.05, 0) is 17.5 Å². The molecule has 0 saturated heterocycles. The molecule has 0 saturated carbocycles. The maximum absolute atomic E-state index is 5.63. The van der Waals surface area contributed by atoms with Gasteiger partial charge >= 0.3 is 0 Å². The van der Waals surface area contributed by atoms with Crippen LogP contribution in [0.2, 0.25) is 0 Å². The molecule has 118 valence electrons. The Morgan fingerprint density at radius 3 is 3.00 bits per heavy atom. The van der Waals surface area contributed by atoms with Crippen LogP contribution in [0.3, 0.4) is 0 Å². The summed E-state index contributed by atoms with van der Waals surface area (Å²) in [5.74, 6) is 6.11. The van der Waals surface area contributed by atoms with Gasteiger partial charge in [-0.3, -0.25) is 4.98 Å². The van der Waals surface area contributed by atoms with E-state index in [-0.39, 0.29) is 0 Å². The molecule has 0 radical (unpaired) electrons. The molecular formula is C19H15N3OS. The van der Waals surface area contributed by atoms with E-state index in [2.05, 4.69) is 32.4 Å². The minimum Gasteiger partial charge on any atom is -0.367 e. The Bertz CT molecular complexity index is 1030. The summed E-state index contributed by atoms with van der Waals surface area (Å²) in [5.41, 5.74) is 4.04. The Morgan fingerprint density at radius 1 is 1.12 bits per heavy atom. The standard InChI is InChI=1S/C19H15N3OS/c1-2-6-17-16(5-1)19-18(12-20-17)21-14-22(19)8-10-23-9-3-4-15-7-11-24-13-15/h1-2,5-7,11-14H,8-10H2. The number of imidazole rings is 1. The molecule has 4 rings (SSSR count). The van der Waals surface area contributed by atoms with Crippen molar-refractivity contribution in [1.82, 2.24) is 14.5 Å². The maximum Gasteiger partial charge on any atom is 0.108 e. The fourth-order valence-electron chi connectivity index (χ4n) is 2.63. The molecule has 1 aromatic carbocycles. The van der Waals surface area contributed by atoms with Gasteiger partial charge in [-0.1, -0.05) is 30.0 Å². The first-order valence-corrected chi connectivity index (χ1v) is 8.63. The first-order valence-electron chi connectivity index (χ1n) is 7.69. The van der Waals surface area contributed by atoms with E-state index in [0.717, 1.165) is 34.0 Å². The number of aromatic nitrogens is 3. The molecule has 0 atom stereocenters. The SMILES string of the molecule is C(#Cc1ccsc1)COCCn1cnc2cnc3ccccc3c21. The van der Waals surface area contributed by atoms with Crippen LogP contribution in [0.25, 0.3) is 21.9 Å². The number of para-hydroxylation sites is 1. The molecule has 0 aliphatic rings. The van der Waals surface area contributed by atoms with Crippen molar-refractivity contribution in [2.45, 2.75) is 6.54 Å². The lowest BCUT2D eigenvalue weighted by Gasteiger charge is -2.06. The minimum absolute atomic E-state index is 0.435. The van der Waals surface area contributed by atoms with Crippen molar-refractivity contribution in [2.75, 3.05) is 13.2 Å². The molecule has 0 unspecified atom stereocenters. The summed E-state index contributed by atoms with van der Waals surface area (Å²) in [6.45, 7) is 1.77. The third kappa shape index (κ3) is 3.02. The summed E-state index contributed by atoms with van der Waals surface area (Å²) < 4.78 is 7.75. The number of nitrogens with zero attached hydrogens (tertiary/aromatic N) is 3. The zero-order chi connectivity index (χ0) is 16.2. The quantitative estimate of drug-likeness (QED) is 0.422. The van der Waals surface area contributed by atoms with Crippen LogP contribution in [0.15, 0.2) is 53.6 Å². The lowest BCUT2D eigenvalue weighted by molar-refractivity contribution is 0.158. The Morgan fingerprint density at radius 2 is 2.08 bits per heavy atom. The van der Waals surface area contributed by atoms with E-state index in [0.29, 0.717) is 13.2 Å². The Kier molecular flexibility index (Phi) is 4.24. The first-order chi connectivity index (χ1) is 11.9. The van der Waals surface area contributed by atoms with E-state index in [4.69, 9.17) is 4.74 Å². The highest BCUT2D eigenvalue weighted by molar-refractivity contribution is 7.08. The average Bonchev–Trinajstić information content (AvgIpc) is 3.28. The molecule has 3 heterocycles. The highest BCUT2D eigenvalue weighted by atomic mass is 32.1. The smallest absolute Gasteiger partial charge is 0.108 e. The molecule has 5 heteroatoms. The number of hydrogen-bond donors (Lipinski definition) is 0. The molecule has 0 amide bonds. The van der Waals surface area contributed by atoms with E-state index in [9.17, 15) is 0 Å². The highest BCUT2D eigenvalue weighted by Gasteiger charge is 2.07. The van der Waals surface area contributed by atoms with Gasteiger partial charge in [0.1, 0.15) is 12.1 Å². The molecule has 0 aliphatic heterocycles. The third-order valence-electron chi connectivity index (χ3n) is 3.76. The van der Waals surface area contributed by atoms with Crippen molar-refractivity contribution in [3.63, 3.8) is 0 Å². The highest BCUT2D eigenvalue weighted by Crippen LogP contribution is 2.22. The predicted octanol–water partition coefficient (Wildman–Crippen LogP) is 3.71. The van der Waals surface area contributed by atoms with Gasteiger partial charge in [0, 0.05) is 22.9 Å². The van der Waals surface area contributed by atoms with E-state index in [1.165, 1.54) is 0 Å². The second-order valence-electron chi connectivity index (χ2n) is 5.31. The van der Waals surface area contributed by atoms with Gasteiger partial charge in [0.05, 0.1) is 30.2 Å². The Hall–Kier alpha value is -2.68. The van der Waals surface area contributed by atoms with Crippen molar-refractivity contribution in [3.8, 4) is 11.8 Å². The molecule has 0 aliphatic carbocycles. The van der Waals surface area contributed by atoms with Crippen molar-refractivity contribution in [1.29, 1.82) is 0 Å². The van der Waals surface area contributed by atoms with Crippen molar-refractivity contribution >= 4 is 33.3 Å². The molecule has 3 aromatic heterocycles. The van der Waals surface area contributed by atoms with E-state index in [1.54, 1.807) is 11.3 Å². The van der Waals surface area contributed by atoms with E-state index in [1.807, 2.05) is 47.5 Å². The molecule has 0 fully saturated rings. The molecular weight excluding hydrogens is 318 g/mol. The lowest BCUT2D eigenvalue weighted by Crippen LogP contribution is -2.05. The van der Waals surface area contributed by atoms with Gasteiger partial charge < -0.3 is 9.30 Å². The minimum atomic E-state index is 0.435. The molecule has 0 spiro atoms. The topological polar surface area (TPSA) is 39.9 Å². The molecule has 0 N–H and O–H groups in total. The summed E-state index contributed by atoms with van der Waals surface area (Å²) in [7, 11) is 0. The number of pyridine rings is 1. The Balaban J connectivity index is 1.44. The summed E-state index contributed by atoms with van der Waals surface area (Å²) in [6, 6.07) is 10.1. The summed E-state index contributed by atoms with van der Waals surface area (Å²) in [4.78, 5) is 8.88. The fraction of sp³-hybridized carbons (Fsp3) is 0.158. The second-order valence-corrected chi connectivity index (χ2v) is 6.09. The monoisotopic (exact) mass is 333 g/mol. The number of thiophene rings is 1. The van der Waals surface area contributed by atoms with Crippen LogP contribution < -0.4 is 0 Å². The van der Waals surface area contributed by atoms with Gasteiger partial charge in [0.25, 0.3) is 0 Å². The van der Waals surface area contributed by atoms with Gasteiger partial charge in [-0.15, -0.1) is 0 Å². The summed E-state index contributed by atoms with van der Waals surface area (Å²) >= 11 is 1.65. The molecule has 4 aromatic rings. The number of fused-ring (bicyclic) bond motifs is 3. The fourth-order valence-corrected chi connectivity index (χ4v) is 3.22. The molecule has 24 heavy (non-hydrogen) atoms. The Labute approximate surface area is 143 Å². The summed E-state index contributed by atoms with van der Waals surface area (Å²) in [6.07, 6.45) is 3.67. The normalized spacial score (nSPS) is 10.8. The van der Waals surface area contributed by atoms with Crippen LogP contribution in [0, 0.1) is 11.8 Å². The average molecular weight is 333 g/mol. The molecule has 0 bridgehead atoms. The van der Waals surface area contributed by atoms with Gasteiger partial charge in [-0.25, -0.2) is 4.98 Å². The van der Waals surface area contributed by atoms with Crippen LogP contribution in [0.5, 0.6) is 0 Å². The van der Waals surface area contributed by atoms with Crippen LogP contribution >= 0.6 is 11.3 Å².